The van der Waals surface area contributed by atoms with Crippen molar-refractivity contribution >= 4 is 11.6 Å². The topological polar surface area (TPSA) is 116 Å². The van der Waals surface area contributed by atoms with Crippen LogP contribution in [0.25, 0.3) is 16.9 Å². The van der Waals surface area contributed by atoms with Gasteiger partial charge in [0.15, 0.2) is 17.1 Å². The third kappa shape index (κ3) is 4.74. The van der Waals surface area contributed by atoms with Gasteiger partial charge in [0, 0.05) is 30.6 Å². The molecular weight excluding hydrogens is 424 g/mol. The summed E-state index contributed by atoms with van der Waals surface area (Å²) in [6.45, 7) is 2.46. The molecule has 1 aromatic carbocycles. The molecule has 0 aliphatic carbocycles. The van der Waals surface area contributed by atoms with Gasteiger partial charge in [0.25, 0.3) is 5.91 Å². The molecule has 3 heterocycles. The van der Waals surface area contributed by atoms with Gasteiger partial charge in [0.1, 0.15) is 5.69 Å². The Labute approximate surface area is 190 Å². The lowest BCUT2D eigenvalue weighted by Gasteiger charge is -2.13. The largest absolute Gasteiger partial charge is 0.493 e. The Bertz CT molecular complexity index is 1250. The zero-order valence-electron chi connectivity index (χ0n) is 19.0. The SMILES string of the molecule is COc1cc(-c2cc(C(=O)NCCCc3cnc4cc(C)nn4c3)[nH]n2)cc(OC)c1OC. The highest BCUT2D eigenvalue weighted by Gasteiger charge is 2.17. The lowest BCUT2D eigenvalue weighted by atomic mass is 10.1. The number of aryl methyl sites for hydroxylation is 2. The van der Waals surface area contributed by atoms with E-state index in [0.717, 1.165) is 35.3 Å². The minimum absolute atomic E-state index is 0.225. The summed E-state index contributed by atoms with van der Waals surface area (Å²) in [5, 5.41) is 14.4. The molecule has 0 radical (unpaired) electrons. The van der Waals surface area contributed by atoms with Crippen LogP contribution in [0, 0.1) is 6.92 Å². The van der Waals surface area contributed by atoms with Crippen LogP contribution in [0.2, 0.25) is 0 Å². The van der Waals surface area contributed by atoms with Gasteiger partial charge in [-0.2, -0.15) is 10.2 Å². The summed E-state index contributed by atoms with van der Waals surface area (Å²) in [5.41, 5.74) is 4.51. The summed E-state index contributed by atoms with van der Waals surface area (Å²) < 4.78 is 17.9. The van der Waals surface area contributed by atoms with E-state index in [4.69, 9.17) is 14.2 Å². The Morgan fingerprint density at radius 3 is 2.55 bits per heavy atom. The molecule has 0 fully saturated rings. The number of nitrogens with zero attached hydrogens (tertiary/aromatic N) is 4. The third-order valence-corrected chi connectivity index (χ3v) is 5.20. The number of H-pyrrole nitrogens is 1. The number of carbonyl (C=O) groups is 1. The number of methoxy groups -OCH3 is 3. The van der Waals surface area contributed by atoms with Crippen molar-refractivity contribution in [3.05, 3.63) is 53.6 Å². The molecule has 172 valence electrons. The second-order valence-corrected chi connectivity index (χ2v) is 7.49. The number of nitrogens with one attached hydrogen (secondary N) is 2. The number of hydrogen-bond acceptors (Lipinski definition) is 7. The minimum atomic E-state index is -0.225. The number of fused-ring (bicyclic) bond motifs is 1. The van der Waals surface area contributed by atoms with Crippen LogP contribution >= 0.6 is 0 Å². The van der Waals surface area contributed by atoms with Gasteiger partial charge < -0.3 is 19.5 Å². The highest BCUT2D eigenvalue weighted by Crippen LogP contribution is 2.40. The van der Waals surface area contributed by atoms with Crippen LogP contribution in [0.3, 0.4) is 0 Å². The summed E-state index contributed by atoms with van der Waals surface area (Å²) in [6.07, 6.45) is 5.36. The molecule has 10 heteroatoms. The van der Waals surface area contributed by atoms with E-state index in [1.165, 1.54) is 0 Å². The number of amides is 1. The van der Waals surface area contributed by atoms with Gasteiger partial charge >= 0.3 is 0 Å². The first-order chi connectivity index (χ1) is 16.0. The number of rotatable bonds is 9. The van der Waals surface area contributed by atoms with Crippen LogP contribution in [-0.2, 0) is 6.42 Å². The Kier molecular flexibility index (Phi) is 6.43. The molecular formula is C23H26N6O4. The number of aromatic nitrogens is 5. The molecule has 2 N–H and O–H groups in total. The van der Waals surface area contributed by atoms with E-state index >= 15 is 0 Å². The maximum atomic E-state index is 12.5. The van der Waals surface area contributed by atoms with Crippen LogP contribution in [0.15, 0.2) is 36.7 Å². The smallest absolute Gasteiger partial charge is 0.269 e. The first-order valence-electron chi connectivity index (χ1n) is 10.5. The zero-order chi connectivity index (χ0) is 23.4. The van der Waals surface area contributed by atoms with Crippen LogP contribution < -0.4 is 19.5 Å². The fourth-order valence-electron chi connectivity index (χ4n) is 3.57. The highest BCUT2D eigenvalue weighted by atomic mass is 16.5. The fraction of sp³-hybridized carbons (Fsp3) is 0.304. The van der Waals surface area contributed by atoms with Crippen molar-refractivity contribution < 1.29 is 19.0 Å². The van der Waals surface area contributed by atoms with Gasteiger partial charge in [-0.25, -0.2) is 9.50 Å². The van der Waals surface area contributed by atoms with Gasteiger partial charge in [-0.3, -0.25) is 9.89 Å². The lowest BCUT2D eigenvalue weighted by molar-refractivity contribution is 0.0948. The molecule has 0 bridgehead atoms. The van der Waals surface area contributed by atoms with Crippen molar-refractivity contribution in [2.75, 3.05) is 27.9 Å². The fourth-order valence-corrected chi connectivity index (χ4v) is 3.57. The van der Waals surface area contributed by atoms with Crippen molar-refractivity contribution in [3.8, 4) is 28.5 Å². The Morgan fingerprint density at radius 1 is 1.09 bits per heavy atom. The summed E-state index contributed by atoms with van der Waals surface area (Å²) in [6, 6.07) is 7.19. The predicted molar refractivity (Wildman–Crippen MR) is 122 cm³/mol. The average Bonchev–Trinajstić information content (AvgIpc) is 3.46. The average molecular weight is 450 g/mol. The summed E-state index contributed by atoms with van der Waals surface area (Å²) in [7, 11) is 4.65. The van der Waals surface area contributed by atoms with Crippen LogP contribution in [-0.4, -0.2) is 58.6 Å². The Balaban J connectivity index is 1.36. The number of benzene rings is 1. The van der Waals surface area contributed by atoms with Gasteiger partial charge in [0.2, 0.25) is 5.75 Å². The Morgan fingerprint density at radius 2 is 1.85 bits per heavy atom. The van der Waals surface area contributed by atoms with E-state index in [-0.39, 0.29) is 5.91 Å². The molecule has 4 aromatic rings. The molecule has 0 aliphatic rings. The number of aromatic amines is 1. The van der Waals surface area contributed by atoms with Crippen LogP contribution in [0.5, 0.6) is 17.2 Å². The van der Waals surface area contributed by atoms with E-state index in [1.807, 2.05) is 25.4 Å². The van der Waals surface area contributed by atoms with Crippen LogP contribution in [0.4, 0.5) is 0 Å². The van der Waals surface area contributed by atoms with Crippen molar-refractivity contribution in [1.82, 2.24) is 30.1 Å². The van der Waals surface area contributed by atoms with Crippen molar-refractivity contribution in [1.29, 1.82) is 0 Å². The van der Waals surface area contributed by atoms with Gasteiger partial charge in [0.05, 0.1) is 32.7 Å². The minimum Gasteiger partial charge on any atom is -0.493 e. The zero-order valence-corrected chi connectivity index (χ0v) is 19.0. The summed E-state index contributed by atoms with van der Waals surface area (Å²) in [5.74, 6) is 1.30. The number of ether oxygens (including phenoxy) is 3. The maximum absolute atomic E-state index is 12.5. The van der Waals surface area contributed by atoms with Crippen molar-refractivity contribution in [2.45, 2.75) is 19.8 Å². The second-order valence-electron chi connectivity index (χ2n) is 7.49. The molecule has 1 amide bonds. The molecule has 0 unspecified atom stereocenters. The van der Waals surface area contributed by atoms with E-state index in [1.54, 1.807) is 44.0 Å². The lowest BCUT2D eigenvalue weighted by Crippen LogP contribution is -2.25. The van der Waals surface area contributed by atoms with Gasteiger partial charge in [-0.05, 0) is 43.5 Å². The normalized spacial score (nSPS) is 10.9. The quantitative estimate of drug-likeness (QED) is 0.377. The molecule has 33 heavy (non-hydrogen) atoms. The number of carbonyl (C=O) groups excluding carboxylic acids is 1. The Hall–Kier alpha value is -4.08. The molecule has 0 spiro atoms. The molecule has 0 saturated heterocycles. The monoisotopic (exact) mass is 450 g/mol. The van der Waals surface area contributed by atoms with Crippen molar-refractivity contribution in [2.24, 2.45) is 0 Å². The summed E-state index contributed by atoms with van der Waals surface area (Å²) >= 11 is 0. The first kappa shape index (κ1) is 22.1. The summed E-state index contributed by atoms with van der Waals surface area (Å²) in [4.78, 5) is 17.0. The highest BCUT2D eigenvalue weighted by molar-refractivity contribution is 5.93. The van der Waals surface area contributed by atoms with E-state index in [0.29, 0.717) is 35.2 Å². The third-order valence-electron chi connectivity index (χ3n) is 5.20. The van der Waals surface area contributed by atoms with Crippen LogP contribution in [0.1, 0.15) is 28.2 Å². The molecule has 10 nitrogen and oxygen atoms in total. The van der Waals surface area contributed by atoms with E-state index in [2.05, 4.69) is 25.6 Å². The molecule has 0 atom stereocenters. The maximum Gasteiger partial charge on any atom is 0.269 e. The predicted octanol–water partition coefficient (Wildman–Crippen LogP) is 2.82. The second kappa shape index (κ2) is 9.60. The van der Waals surface area contributed by atoms with E-state index < -0.39 is 0 Å². The van der Waals surface area contributed by atoms with Gasteiger partial charge in [-0.15, -0.1) is 0 Å². The molecule has 3 aromatic heterocycles. The first-order valence-corrected chi connectivity index (χ1v) is 10.5. The standard InChI is InChI=1S/C23H26N6O4/c1-14-8-21-25-12-15(13-29(21)28-14)6-5-7-24-23(30)18-11-17(26-27-18)16-9-19(31-2)22(33-4)20(10-16)32-3/h8-13H,5-7H2,1-4H3,(H,24,30)(H,26,27). The molecule has 0 aliphatic heterocycles. The molecule has 0 saturated carbocycles. The van der Waals surface area contributed by atoms with Gasteiger partial charge in [-0.1, -0.05) is 0 Å². The number of hydrogen-bond donors (Lipinski definition) is 2. The van der Waals surface area contributed by atoms with Crippen molar-refractivity contribution in [3.63, 3.8) is 0 Å². The van der Waals surface area contributed by atoms with E-state index in [9.17, 15) is 4.79 Å². The molecule has 4 rings (SSSR count).